The minimum absolute atomic E-state index is 0.0368. The molecule has 1 saturated carbocycles. The molecule has 0 aliphatic heterocycles. The maximum atomic E-state index is 12.0. The molecule has 8 heteroatoms. The van der Waals surface area contributed by atoms with Crippen LogP contribution in [0.3, 0.4) is 0 Å². The second-order valence-electron chi connectivity index (χ2n) is 5.72. The summed E-state index contributed by atoms with van der Waals surface area (Å²) in [5.74, 6) is -1.24. The summed E-state index contributed by atoms with van der Waals surface area (Å²) >= 11 is 0. The molecule has 132 valence electrons. The molecule has 0 unspecified atom stereocenters. The second-order valence-corrected chi connectivity index (χ2v) is 7.44. The van der Waals surface area contributed by atoms with Crippen molar-refractivity contribution in [3.63, 3.8) is 0 Å². The predicted octanol–water partition coefficient (Wildman–Crippen LogP) is 2.08. The van der Waals surface area contributed by atoms with Gasteiger partial charge in [-0.25, -0.2) is 13.2 Å². The van der Waals surface area contributed by atoms with E-state index in [4.69, 9.17) is 9.47 Å². The van der Waals surface area contributed by atoms with Crippen LogP contribution >= 0.6 is 0 Å². The molecule has 0 aromatic rings. The Bertz CT molecular complexity index is 548. The first-order valence-electron chi connectivity index (χ1n) is 7.63. The monoisotopic (exact) mass is 346 g/mol. The molecule has 1 fully saturated rings. The van der Waals surface area contributed by atoms with E-state index in [2.05, 4.69) is 11.3 Å². The molecule has 0 saturated heterocycles. The van der Waals surface area contributed by atoms with E-state index in [1.54, 1.807) is 0 Å². The quantitative estimate of drug-likeness (QED) is 0.360. The Morgan fingerprint density at radius 2 is 1.87 bits per heavy atom. The minimum atomic E-state index is -3.44. The van der Waals surface area contributed by atoms with Gasteiger partial charge in [0.1, 0.15) is 5.60 Å². The van der Waals surface area contributed by atoms with E-state index in [1.165, 1.54) is 0 Å². The van der Waals surface area contributed by atoms with Crippen molar-refractivity contribution in [3.8, 4) is 0 Å². The lowest BCUT2D eigenvalue weighted by Gasteiger charge is -2.28. The maximum Gasteiger partial charge on any atom is 0.334 e. The Labute approximate surface area is 137 Å². The van der Waals surface area contributed by atoms with Crippen molar-refractivity contribution in [3.05, 3.63) is 16.9 Å². The van der Waals surface area contributed by atoms with Gasteiger partial charge >= 0.3 is 11.9 Å². The van der Waals surface area contributed by atoms with Crippen LogP contribution in [0.5, 0.6) is 0 Å². The van der Waals surface area contributed by atoms with E-state index in [-0.39, 0.29) is 25.1 Å². The third-order valence-electron chi connectivity index (χ3n) is 3.79. The number of sulfonamides is 1. The third-order valence-corrected chi connectivity index (χ3v) is 4.45. The Morgan fingerprint density at radius 3 is 2.39 bits per heavy atom. The van der Waals surface area contributed by atoms with Crippen LogP contribution in [0, 0.1) is 0 Å². The van der Waals surface area contributed by atoms with Crippen molar-refractivity contribution in [2.24, 2.45) is 0 Å². The molecular formula is C15H24NO6S-. The zero-order chi connectivity index (χ0) is 17.5. The molecule has 1 aliphatic carbocycles. The molecule has 0 atom stereocenters. The van der Waals surface area contributed by atoms with Crippen LogP contribution in [0.25, 0.3) is 4.72 Å². The van der Waals surface area contributed by atoms with Gasteiger partial charge < -0.3 is 14.2 Å². The van der Waals surface area contributed by atoms with Crippen molar-refractivity contribution in [2.45, 2.75) is 51.0 Å². The summed E-state index contributed by atoms with van der Waals surface area (Å²) < 4.78 is 35.2. The number of ether oxygens (including phenoxy) is 2. The maximum absolute atomic E-state index is 12.0. The molecule has 0 bridgehead atoms. The van der Waals surface area contributed by atoms with Crippen LogP contribution in [-0.2, 0) is 29.1 Å². The minimum Gasteiger partial charge on any atom is -0.547 e. The van der Waals surface area contributed by atoms with Gasteiger partial charge in [-0.2, -0.15) is 0 Å². The molecule has 1 rings (SSSR count). The highest BCUT2D eigenvalue weighted by Gasteiger charge is 2.36. The van der Waals surface area contributed by atoms with E-state index in [1.807, 2.05) is 6.92 Å². The molecular weight excluding hydrogens is 322 g/mol. The fraction of sp³-hybridized carbons (Fsp3) is 0.733. The van der Waals surface area contributed by atoms with Crippen LogP contribution in [0.2, 0.25) is 0 Å². The van der Waals surface area contributed by atoms with Gasteiger partial charge in [-0.05, 0) is 32.1 Å². The van der Waals surface area contributed by atoms with Crippen LogP contribution in [-0.4, -0.2) is 45.4 Å². The van der Waals surface area contributed by atoms with Crippen molar-refractivity contribution >= 4 is 22.0 Å². The van der Waals surface area contributed by atoms with Gasteiger partial charge in [0.05, 0.1) is 23.1 Å². The Balaban J connectivity index is 2.34. The first kappa shape index (κ1) is 19.6. The zero-order valence-electron chi connectivity index (χ0n) is 13.7. The smallest absolute Gasteiger partial charge is 0.334 e. The molecule has 7 nitrogen and oxygen atoms in total. The van der Waals surface area contributed by atoms with Gasteiger partial charge in [0.2, 0.25) is 0 Å². The Kier molecular flexibility index (Phi) is 7.21. The number of rotatable bonds is 9. The summed E-state index contributed by atoms with van der Waals surface area (Å²) in [7, 11) is -3.44. The molecule has 0 radical (unpaired) electrons. The van der Waals surface area contributed by atoms with E-state index in [0.717, 1.165) is 38.4 Å². The van der Waals surface area contributed by atoms with Gasteiger partial charge in [-0.1, -0.05) is 13.5 Å². The Morgan fingerprint density at radius 1 is 1.26 bits per heavy atom. The van der Waals surface area contributed by atoms with Gasteiger partial charge in [0, 0.05) is 11.8 Å². The Hall–Kier alpha value is -1.41. The molecule has 1 aliphatic rings. The number of nitrogens with zero attached hydrogens (tertiary/aromatic N) is 1. The molecule has 23 heavy (non-hydrogen) atoms. The van der Waals surface area contributed by atoms with Crippen molar-refractivity contribution in [2.75, 3.05) is 19.4 Å². The van der Waals surface area contributed by atoms with Crippen LogP contribution < -0.4 is 0 Å². The topological polar surface area (TPSA) is 101 Å². The van der Waals surface area contributed by atoms with E-state index >= 15 is 0 Å². The van der Waals surface area contributed by atoms with Crippen LogP contribution in [0.1, 0.15) is 45.4 Å². The van der Waals surface area contributed by atoms with Crippen LogP contribution in [0.15, 0.2) is 12.2 Å². The van der Waals surface area contributed by atoms with E-state index in [0.29, 0.717) is 0 Å². The van der Waals surface area contributed by atoms with Crippen LogP contribution in [0.4, 0.5) is 0 Å². The molecule has 0 aromatic heterocycles. The summed E-state index contributed by atoms with van der Waals surface area (Å²) in [6, 6.07) is 0. The van der Waals surface area contributed by atoms with Gasteiger partial charge in [-0.3, -0.25) is 4.79 Å². The standard InChI is InChI=1S/C15H24NO6S/c1-4-15(7-5-6-8-15)22-14(18)12(2)11-13(17)21-10-9-16-23(3,19)20/h2,4-11H2,1,3H3/q-1. The molecule has 0 heterocycles. The zero-order valence-corrected chi connectivity index (χ0v) is 14.5. The normalized spacial score (nSPS) is 16.8. The van der Waals surface area contributed by atoms with E-state index in [9.17, 15) is 18.0 Å². The average Bonchev–Trinajstić information content (AvgIpc) is 2.91. The SMILES string of the molecule is C=C(CC(=O)OCC[N-]S(C)(=O)=O)C(=O)OC1(CC)CCCC1. The van der Waals surface area contributed by atoms with E-state index < -0.39 is 27.6 Å². The lowest BCUT2D eigenvalue weighted by molar-refractivity contribution is -0.156. The summed E-state index contributed by atoms with van der Waals surface area (Å²) in [5, 5.41) is 0. The second kappa shape index (κ2) is 8.44. The van der Waals surface area contributed by atoms with Crippen molar-refractivity contribution in [1.82, 2.24) is 0 Å². The number of esters is 2. The van der Waals surface area contributed by atoms with Gasteiger partial charge in [-0.15, -0.1) is 6.54 Å². The average molecular weight is 346 g/mol. The summed E-state index contributed by atoms with van der Waals surface area (Å²) in [6.45, 7) is 5.25. The van der Waals surface area contributed by atoms with Crippen molar-refractivity contribution in [1.29, 1.82) is 0 Å². The number of carbonyl (C=O) groups excluding carboxylic acids is 2. The fourth-order valence-electron chi connectivity index (χ4n) is 2.48. The summed E-state index contributed by atoms with van der Waals surface area (Å²) in [4.78, 5) is 23.6. The first-order chi connectivity index (χ1) is 10.7. The summed E-state index contributed by atoms with van der Waals surface area (Å²) in [5.41, 5.74) is -0.395. The first-order valence-corrected chi connectivity index (χ1v) is 9.48. The lowest BCUT2D eigenvalue weighted by Crippen LogP contribution is -2.32. The highest BCUT2D eigenvalue weighted by atomic mass is 32.2. The molecule has 0 aromatic carbocycles. The predicted molar refractivity (Wildman–Crippen MR) is 85.4 cm³/mol. The highest BCUT2D eigenvalue weighted by molar-refractivity contribution is 7.93. The molecule has 0 amide bonds. The van der Waals surface area contributed by atoms with Gasteiger partial charge in [0.25, 0.3) is 0 Å². The molecule has 0 spiro atoms. The third kappa shape index (κ3) is 7.13. The highest BCUT2D eigenvalue weighted by Crippen LogP contribution is 2.36. The van der Waals surface area contributed by atoms with Crippen molar-refractivity contribution < 1.29 is 27.5 Å². The number of hydrogen-bond donors (Lipinski definition) is 0. The molecule has 0 N–H and O–H groups in total. The largest absolute Gasteiger partial charge is 0.547 e. The fourth-order valence-corrected chi connectivity index (χ4v) is 2.88. The number of carbonyl (C=O) groups is 2. The lowest BCUT2D eigenvalue weighted by atomic mass is 9.98. The summed E-state index contributed by atoms with van der Waals surface area (Å²) in [6.07, 6.45) is 5.14. The van der Waals surface area contributed by atoms with Gasteiger partial charge in [0.15, 0.2) is 0 Å². The number of hydrogen-bond acceptors (Lipinski definition) is 6.